The van der Waals surface area contributed by atoms with Crippen molar-refractivity contribution in [3.05, 3.63) is 59.7 Å². The molecule has 0 atom stereocenters. The number of carbonyl (C=O) groups excluding carboxylic acids is 4. The lowest BCUT2D eigenvalue weighted by atomic mass is 10.1. The Balaban J connectivity index is 1.96. The molecule has 0 fully saturated rings. The predicted octanol–water partition coefficient (Wildman–Crippen LogP) is 5.33. The number of allylic oxidation sites excluding steroid dienone is 2. The summed E-state index contributed by atoms with van der Waals surface area (Å²) in [5, 5.41) is 0. The zero-order valence-corrected chi connectivity index (χ0v) is 29.2. The summed E-state index contributed by atoms with van der Waals surface area (Å²) >= 11 is 23.1. The fraction of sp³-hybridized carbons (Fsp3) is 0.394. The molecule has 14 heteroatoms. The molecule has 0 aliphatic rings. The lowest BCUT2D eigenvalue weighted by Crippen LogP contribution is -2.35. The van der Waals surface area contributed by atoms with Crippen LogP contribution in [0.2, 0.25) is 0 Å². The number of benzene rings is 2. The predicted molar refractivity (Wildman–Crippen MR) is 186 cm³/mol. The molecule has 0 aliphatic heterocycles. The highest BCUT2D eigenvalue weighted by Gasteiger charge is 2.16. The van der Waals surface area contributed by atoms with Crippen molar-refractivity contribution >= 4 is 82.1 Å². The van der Waals surface area contributed by atoms with Crippen molar-refractivity contribution in [2.24, 2.45) is 0 Å². The number of alkyl halides is 4. The van der Waals surface area contributed by atoms with Crippen molar-refractivity contribution in [2.45, 2.75) is 6.42 Å². The van der Waals surface area contributed by atoms with Gasteiger partial charge in [0.25, 0.3) is 0 Å². The van der Waals surface area contributed by atoms with E-state index >= 15 is 0 Å². The molecular weight excluding hydrogens is 694 g/mol. The number of nitrogens with zero attached hydrogens (tertiary/aromatic N) is 2. The molecule has 0 aromatic heterocycles. The highest BCUT2D eigenvalue weighted by Crippen LogP contribution is 2.30. The van der Waals surface area contributed by atoms with Crippen LogP contribution in [-0.2, 0) is 19.2 Å². The summed E-state index contributed by atoms with van der Waals surface area (Å²) in [4.78, 5) is 53.3. The van der Waals surface area contributed by atoms with Gasteiger partial charge in [0, 0.05) is 49.7 Å². The lowest BCUT2D eigenvalue weighted by molar-refractivity contribution is -0.136. The summed E-state index contributed by atoms with van der Waals surface area (Å²) in [6.07, 6.45) is 5.29. The second-order valence-corrected chi connectivity index (χ2v) is 11.4. The van der Waals surface area contributed by atoms with E-state index in [1.807, 2.05) is 0 Å². The highest BCUT2D eigenvalue weighted by atomic mass is 35.5. The van der Waals surface area contributed by atoms with E-state index in [1.165, 1.54) is 38.5 Å². The third-order valence-electron chi connectivity index (χ3n) is 6.40. The van der Waals surface area contributed by atoms with Crippen LogP contribution < -0.4 is 18.9 Å². The molecule has 0 bridgehead atoms. The van der Waals surface area contributed by atoms with Crippen LogP contribution in [0.4, 0.5) is 0 Å². The van der Waals surface area contributed by atoms with Crippen molar-refractivity contribution in [1.29, 1.82) is 0 Å². The molecule has 0 amide bonds. The average Bonchev–Trinajstić information content (AvgIpc) is 3.04. The molecule has 256 valence electrons. The molecule has 2 aromatic rings. The summed E-state index contributed by atoms with van der Waals surface area (Å²) in [6, 6.07) is 9.62. The summed E-state index contributed by atoms with van der Waals surface area (Å²) in [7, 11) is 2.86. The number of rotatable bonds is 22. The minimum Gasteiger partial charge on any atom is -0.493 e. The monoisotopic (exact) mass is 730 g/mol. The van der Waals surface area contributed by atoms with E-state index in [2.05, 4.69) is 0 Å². The number of ether oxygens (including phenoxy) is 4. The van der Waals surface area contributed by atoms with Gasteiger partial charge >= 0.3 is 11.9 Å². The second-order valence-electron chi connectivity index (χ2n) is 9.85. The number of hydrogen-bond donors (Lipinski definition) is 0. The smallest absolute Gasteiger partial charge is 0.325 e. The van der Waals surface area contributed by atoms with Gasteiger partial charge in [-0.1, -0.05) is 24.3 Å². The Bertz CT molecular complexity index is 1290. The number of ketones is 2. The van der Waals surface area contributed by atoms with Gasteiger partial charge in [0.2, 0.25) is 0 Å². The minimum absolute atomic E-state index is 0.0139. The largest absolute Gasteiger partial charge is 0.493 e. The molecule has 2 rings (SSSR count). The summed E-state index contributed by atoms with van der Waals surface area (Å²) in [5.74, 6) is 0.622. The zero-order chi connectivity index (χ0) is 34.6. The van der Waals surface area contributed by atoms with E-state index in [1.54, 1.807) is 46.2 Å². The van der Waals surface area contributed by atoms with E-state index in [9.17, 15) is 19.2 Å². The Morgan fingerprint density at radius 2 is 0.957 bits per heavy atom. The molecule has 0 saturated heterocycles. The first-order valence-corrected chi connectivity index (χ1v) is 16.7. The first-order chi connectivity index (χ1) is 22.6. The Morgan fingerprint density at radius 3 is 1.28 bits per heavy atom. The topological polar surface area (TPSA) is 112 Å². The summed E-state index contributed by atoms with van der Waals surface area (Å²) in [5.41, 5.74) is 1.20. The third-order valence-corrected chi connectivity index (χ3v) is 7.08. The Morgan fingerprint density at radius 1 is 0.596 bits per heavy atom. The standard InChI is InChI=1S/C33H38Cl4N2O8/c1-44-30-19-24(5-9-28(30)46-32(42)22-38(15-11-34)16-12-35)3-7-26(40)21-27(41)8-4-25-6-10-29(31(20-25)45-2)47-33(43)23-39(17-13-36)18-14-37/h3-10,19-20H,11-18,21-23H2,1-2H3/b7-3+,8-4+. The van der Waals surface area contributed by atoms with Crippen molar-refractivity contribution < 1.29 is 38.1 Å². The first kappa shape index (κ1) is 40.1. The summed E-state index contributed by atoms with van der Waals surface area (Å²) in [6.45, 7) is 1.98. The van der Waals surface area contributed by atoms with E-state index in [-0.39, 0.29) is 31.0 Å². The van der Waals surface area contributed by atoms with Crippen molar-refractivity contribution in [3.8, 4) is 23.0 Å². The SMILES string of the molecule is COc1cc(/C=C/C(=O)CC(=O)/C=C/c2ccc(OC(=O)CN(CCCl)CCCl)c(OC)c2)ccc1OC(=O)CN(CCCl)CCCl. The van der Waals surface area contributed by atoms with Crippen LogP contribution in [0.3, 0.4) is 0 Å². The Hall–Kier alpha value is -3.12. The number of halogens is 4. The zero-order valence-electron chi connectivity index (χ0n) is 26.2. The number of esters is 2. The maximum Gasteiger partial charge on any atom is 0.325 e. The van der Waals surface area contributed by atoms with Crippen LogP contribution >= 0.6 is 46.4 Å². The van der Waals surface area contributed by atoms with Gasteiger partial charge in [-0.25, -0.2) is 0 Å². The molecule has 0 unspecified atom stereocenters. The van der Waals surface area contributed by atoms with Crippen LogP contribution in [0.1, 0.15) is 17.5 Å². The normalized spacial score (nSPS) is 11.4. The van der Waals surface area contributed by atoms with Crippen LogP contribution in [0.25, 0.3) is 12.2 Å². The highest BCUT2D eigenvalue weighted by molar-refractivity contribution is 6.19. The molecule has 0 saturated carbocycles. The average molecular weight is 732 g/mol. The fourth-order valence-corrected chi connectivity index (χ4v) is 5.06. The maximum absolute atomic E-state index is 12.5. The fourth-order valence-electron chi connectivity index (χ4n) is 4.11. The molecule has 0 aliphatic carbocycles. The molecule has 47 heavy (non-hydrogen) atoms. The van der Waals surface area contributed by atoms with Crippen LogP contribution in [-0.4, -0.2) is 110 Å². The second kappa shape index (κ2) is 22.4. The Kier molecular flexibility index (Phi) is 19.1. The number of methoxy groups -OCH3 is 2. The van der Waals surface area contributed by atoms with Gasteiger partial charge in [0.1, 0.15) is 0 Å². The van der Waals surface area contributed by atoms with Gasteiger partial charge in [0.05, 0.1) is 33.7 Å². The number of carbonyl (C=O) groups is 4. The van der Waals surface area contributed by atoms with Gasteiger partial charge in [-0.05, 0) is 47.5 Å². The van der Waals surface area contributed by atoms with Crippen LogP contribution in [0, 0.1) is 0 Å². The van der Waals surface area contributed by atoms with Gasteiger partial charge in [-0.2, -0.15) is 0 Å². The van der Waals surface area contributed by atoms with Crippen LogP contribution in [0.15, 0.2) is 48.6 Å². The quantitative estimate of drug-likeness (QED) is 0.0518. The minimum atomic E-state index is -0.495. The van der Waals surface area contributed by atoms with Gasteiger partial charge < -0.3 is 18.9 Å². The van der Waals surface area contributed by atoms with Crippen LogP contribution in [0.5, 0.6) is 23.0 Å². The first-order valence-electron chi connectivity index (χ1n) is 14.5. The maximum atomic E-state index is 12.5. The van der Waals surface area contributed by atoms with E-state index in [0.717, 1.165) is 0 Å². The molecule has 0 radical (unpaired) electrons. The molecule has 0 N–H and O–H groups in total. The van der Waals surface area contributed by atoms with Gasteiger partial charge in [-0.3, -0.25) is 29.0 Å². The van der Waals surface area contributed by atoms with Crippen molar-refractivity contribution in [2.75, 3.05) is 77.0 Å². The summed E-state index contributed by atoms with van der Waals surface area (Å²) < 4.78 is 21.6. The van der Waals surface area contributed by atoms with Crippen molar-refractivity contribution in [3.63, 3.8) is 0 Å². The molecule has 0 spiro atoms. The lowest BCUT2D eigenvalue weighted by Gasteiger charge is -2.19. The van der Waals surface area contributed by atoms with E-state index in [0.29, 0.717) is 72.3 Å². The number of hydrogen-bond acceptors (Lipinski definition) is 10. The molecule has 2 aromatic carbocycles. The van der Waals surface area contributed by atoms with E-state index < -0.39 is 23.5 Å². The molecular formula is C33H38Cl4N2O8. The van der Waals surface area contributed by atoms with Gasteiger partial charge in [-0.15, -0.1) is 46.4 Å². The van der Waals surface area contributed by atoms with Crippen molar-refractivity contribution in [1.82, 2.24) is 9.80 Å². The van der Waals surface area contributed by atoms with E-state index in [4.69, 9.17) is 65.4 Å². The Labute approximate surface area is 295 Å². The molecule has 10 nitrogen and oxygen atoms in total. The van der Waals surface area contributed by atoms with Gasteiger partial charge in [0.15, 0.2) is 34.6 Å². The molecule has 0 heterocycles. The third kappa shape index (κ3) is 15.1.